The van der Waals surface area contributed by atoms with Gasteiger partial charge in [0.2, 0.25) is 3.79 Å². The van der Waals surface area contributed by atoms with Crippen LogP contribution in [0.4, 0.5) is 23.7 Å². The number of alkyl halides is 6. The highest BCUT2D eigenvalue weighted by molar-refractivity contribution is 6.67. The predicted octanol–water partition coefficient (Wildman–Crippen LogP) is 8.44. The minimum absolute atomic E-state index is 0.0867. The summed E-state index contributed by atoms with van der Waals surface area (Å²) in [4.78, 5) is 24.8. The SMILES string of the molecule is CC(C)(C(=O)OCc1ccccc1)c1cccc(Oc2cc(NC(=O)OCC(Cl)(Cl)Cl)cc(C(F)(F)F)c2)c1. The number of halogens is 6. The van der Waals surface area contributed by atoms with E-state index in [2.05, 4.69) is 5.32 Å². The van der Waals surface area contributed by atoms with Gasteiger partial charge >= 0.3 is 18.2 Å². The molecule has 1 N–H and O–H groups in total. The van der Waals surface area contributed by atoms with Gasteiger partial charge in [0, 0.05) is 11.8 Å². The van der Waals surface area contributed by atoms with Crippen molar-refractivity contribution in [3.8, 4) is 11.5 Å². The number of rotatable bonds is 8. The lowest BCUT2D eigenvalue weighted by Crippen LogP contribution is -2.31. The van der Waals surface area contributed by atoms with Crippen molar-refractivity contribution in [2.24, 2.45) is 0 Å². The molecular formula is C27H23Cl3F3NO5. The van der Waals surface area contributed by atoms with Crippen molar-refractivity contribution in [3.05, 3.63) is 89.5 Å². The lowest BCUT2D eigenvalue weighted by Gasteiger charge is -2.24. The summed E-state index contributed by atoms with van der Waals surface area (Å²) in [6.07, 6.45) is -5.88. The van der Waals surface area contributed by atoms with Crippen molar-refractivity contribution in [1.29, 1.82) is 0 Å². The lowest BCUT2D eigenvalue weighted by molar-refractivity contribution is -0.150. The van der Waals surface area contributed by atoms with E-state index in [1.165, 1.54) is 12.1 Å². The number of hydrogen-bond acceptors (Lipinski definition) is 5. The first kappa shape index (κ1) is 30.4. The molecule has 0 radical (unpaired) electrons. The van der Waals surface area contributed by atoms with Gasteiger partial charge in [0.05, 0.1) is 11.0 Å². The van der Waals surface area contributed by atoms with Gasteiger partial charge in [-0.3, -0.25) is 10.1 Å². The Labute approximate surface area is 237 Å². The maximum Gasteiger partial charge on any atom is 0.416 e. The van der Waals surface area contributed by atoms with E-state index < -0.39 is 39.6 Å². The molecule has 0 aliphatic heterocycles. The quantitative estimate of drug-likeness (QED) is 0.206. The molecule has 0 saturated carbocycles. The van der Waals surface area contributed by atoms with Crippen LogP contribution in [0.1, 0.15) is 30.5 Å². The molecule has 0 unspecified atom stereocenters. The van der Waals surface area contributed by atoms with Crippen LogP contribution in [-0.4, -0.2) is 22.5 Å². The normalized spacial score (nSPS) is 12.0. The molecule has 1 amide bonds. The van der Waals surface area contributed by atoms with Crippen LogP contribution in [0.3, 0.4) is 0 Å². The number of nitrogens with one attached hydrogen (secondary N) is 1. The van der Waals surface area contributed by atoms with Crippen LogP contribution < -0.4 is 10.1 Å². The molecule has 3 rings (SSSR count). The molecule has 0 spiro atoms. The van der Waals surface area contributed by atoms with E-state index in [1.807, 2.05) is 30.3 Å². The zero-order valence-corrected chi connectivity index (χ0v) is 22.9. The summed E-state index contributed by atoms with van der Waals surface area (Å²) in [6, 6.07) is 18.1. The Kier molecular flexibility index (Phi) is 9.64. The van der Waals surface area contributed by atoms with E-state index in [1.54, 1.807) is 26.0 Å². The molecule has 0 bridgehead atoms. The second-order valence-corrected chi connectivity index (χ2v) is 11.4. The summed E-state index contributed by atoms with van der Waals surface area (Å²) >= 11 is 16.6. The molecule has 0 heterocycles. The molecule has 6 nitrogen and oxygen atoms in total. The predicted molar refractivity (Wildman–Crippen MR) is 142 cm³/mol. The van der Waals surface area contributed by atoms with E-state index in [4.69, 9.17) is 49.0 Å². The summed E-state index contributed by atoms with van der Waals surface area (Å²) in [7, 11) is 0. The number of benzene rings is 3. The summed E-state index contributed by atoms with van der Waals surface area (Å²) in [5.74, 6) is -0.578. The highest BCUT2D eigenvalue weighted by Gasteiger charge is 2.33. The third kappa shape index (κ3) is 9.23. The van der Waals surface area contributed by atoms with Crippen molar-refractivity contribution < 1.29 is 37.0 Å². The topological polar surface area (TPSA) is 73.9 Å². The number of carbonyl (C=O) groups is 2. The molecule has 0 aliphatic carbocycles. The van der Waals surface area contributed by atoms with E-state index in [0.29, 0.717) is 11.6 Å². The number of anilines is 1. The van der Waals surface area contributed by atoms with Crippen molar-refractivity contribution in [2.45, 2.75) is 35.8 Å². The lowest BCUT2D eigenvalue weighted by atomic mass is 9.84. The second-order valence-electron chi connectivity index (χ2n) is 8.88. The third-order valence-electron chi connectivity index (χ3n) is 5.36. The van der Waals surface area contributed by atoms with Crippen molar-refractivity contribution in [1.82, 2.24) is 0 Å². The summed E-state index contributed by atoms with van der Waals surface area (Å²) < 4.78 is 54.6. The van der Waals surface area contributed by atoms with E-state index in [-0.39, 0.29) is 23.8 Å². The molecule has 0 saturated heterocycles. The highest BCUT2D eigenvalue weighted by atomic mass is 35.6. The third-order valence-corrected chi connectivity index (χ3v) is 5.69. The van der Waals surface area contributed by atoms with Gasteiger partial charge in [0.25, 0.3) is 0 Å². The fraction of sp³-hybridized carbons (Fsp3) is 0.259. The molecule has 39 heavy (non-hydrogen) atoms. The fourth-order valence-electron chi connectivity index (χ4n) is 3.30. The molecule has 0 atom stereocenters. The Balaban J connectivity index is 1.79. The maximum absolute atomic E-state index is 13.5. The fourth-order valence-corrected chi connectivity index (χ4v) is 3.46. The van der Waals surface area contributed by atoms with Crippen LogP contribution in [-0.2, 0) is 32.5 Å². The van der Waals surface area contributed by atoms with Gasteiger partial charge in [-0.05, 0) is 49.2 Å². The standard InChI is InChI=1S/C27H23Cl3F3NO5/c1-25(2,23(35)37-15-17-7-4-3-5-8-17)18-9-6-10-21(12-18)39-22-13-19(27(31,32)33)11-20(14-22)34-24(36)38-16-26(28,29)30/h3-14H,15-16H2,1-2H3,(H,34,36). The molecule has 0 aliphatic rings. The van der Waals surface area contributed by atoms with Crippen LogP contribution >= 0.6 is 34.8 Å². The van der Waals surface area contributed by atoms with Gasteiger partial charge in [-0.25, -0.2) is 4.79 Å². The Morgan fingerprint density at radius 2 is 1.49 bits per heavy atom. The molecule has 3 aromatic rings. The first-order valence-corrected chi connectivity index (χ1v) is 12.5. The van der Waals surface area contributed by atoms with Gasteiger partial charge in [-0.2, -0.15) is 13.2 Å². The second kappa shape index (κ2) is 12.4. The number of hydrogen-bond donors (Lipinski definition) is 1. The molecule has 12 heteroatoms. The van der Waals surface area contributed by atoms with Gasteiger partial charge in [-0.1, -0.05) is 77.3 Å². The average molecular weight is 605 g/mol. The molecule has 3 aromatic carbocycles. The number of carbonyl (C=O) groups excluding carboxylic acids is 2. The molecule has 0 aromatic heterocycles. The highest BCUT2D eigenvalue weighted by Crippen LogP contribution is 2.37. The van der Waals surface area contributed by atoms with Gasteiger partial charge < -0.3 is 14.2 Å². The largest absolute Gasteiger partial charge is 0.460 e. The van der Waals surface area contributed by atoms with Crippen LogP contribution in [0.2, 0.25) is 0 Å². The number of amides is 1. The zero-order chi connectivity index (χ0) is 28.8. The Bertz CT molecular complexity index is 1310. The Morgan fingerprint density at radius 3 is 2.13 bits per heavy atom. The van der Waals surface area contributed by atoms with Crippen LogP contribution in [0.15, 0.2) is 72.8 Å². The minimum Gasteiger partial charge on any atom is -0.460 e. The van der Waals surface area contributed by atoms with Crippen LogP contribution in [0, 0.1) is 0 Å². The maximum atomic E-state index is 13.5. The van der Waals surface area contributed by atoms with Crippen molar-refractivity contribution in [3.63, 3.8) is 0 Å². The molecular weight excluding hydrogens is 582 g/mol. The number of esters is 1. The zero-order valence-electron chi connectivity index (χ0n) is 20.7. The van der Waals surface area contributed by atoms with Crippen molar-refractivity contribution in [2.75, 3.05) is 11.9 Å². The smallest absolute Gasteiger partial charge is 0.416 e. The van der Waals surface area contributed by atoms with E-state index in [9.17, 15) is 22.8 Å². The molecule has 0 fully saturated rings. The first-order valence-electron chi connectivity index (χ1n) is 11.4. The summed E-state index contributed by atoms with van der Waals surface area (Å²) in [5.41, 5.74) is -1.11. The monoisotopic (exact) mass is 603 g/mol. The van der Waals surface area contributed by atoms with Crippen LogP contribution in [0.5, 0.6) is 11.5 Å². The van der Waals surface area contributed by atoms with E-state index >= 15 is 0 Å². The Hall–Kier alpha value is -3.14. The van der Waals surface area contributed by atoms with Gasteiger partial charge in [0.1, 0.15) is 24.7 Å². The Morgan fingerprint density at radius 1 is 0.821 bits per heavy atom. The van der Waals surface area contributed by atoms with Crippen LogP contribution in [0.25, 0.3) is 0 Å². The van der Waals surface area contributed by atoms with E-state index in [0.717, 1.165) is 17.7 Å². The summed E-state index contributed by atoms with van der Waals surface area (Å²) in [6.45, 7) is 2.79. The average Bonchev–Trinajstić information content (AvgIpc) is 2.85. The van der Waals surface area contributed by atoms with Gasteiger partial charge in [-0.15, -0.1) is 0 Å². The molecule has 208 valence electrons. The first-order chi connectivity index (χ1) is 18.1. The minimum atomic E-state index is -4.75. The number of ether oxygens (including phenoxy) is 3. The van der Waals surface area contributed by atoms with Gasteiger partial charge in [0.15, 0.2) is 0 Å². The van der Waals surface area contributed by atoms with Crippen molar-refractivity contribution >= 4 is 52.6 Å². The summed E-state index contributed by atoms with van der Waals surface area (Å²) in [5, 5.41) is 2.15.